The summed E-state index contributed by atoms with van der Waals surface area (Å²) in [5.41, 5.74) is 1.25. The molecule has 1 atom stereocenters. The van der Waals surface area contributed by atoms with Gasteiger partial charge in [0.15, 0.2) is 11.5 Å². The van der Waals surface area contributed by atoms with Gasteiger partial charge >= 0.3 is 6.03 Å². The van der Waals surface area contributed by atoms with E-state index in [4.69, 9.17) is 9.47 Å². The van der Waals surface area contributed by atoms with Crippen LogP contribution in [0.2, 0.25) is 0 Å². The molecule has 1 heterocycles. The van der Waals surface area contributed by atoms with E-state index in [2.05, 4.69) is 16.0 Å². The maximum Gasteiger partial charge on any atom is 0.319 e. The van der Waals surface area contributed by atoms with Crippen molar-refractivity contribution in [1.82, 2.24) is 5.32 Å². The topological polar surface area (TPSA) is 88.7 Å². The number of carbonyl (C=O) groups excluding carboxylic acids is 2. The number of benzene rings is 2. The van der Waals surface area contributed by atoms with Gasteiger partial charge in [0.25, 0.3) is 0 Å². The lowest BCUT2D eigenvalue weighted by Crippen LogP contribution is -2.48. The molecular weight excluding hydrogens is 358 g/mol. The fraction of sp³-hybridized carbons (Fsp3) is 0.333. The Hall–Kier alpha value is -3.22. The Morgan fingerprint density at radius 1 is 0.893 bits per heavy atom. The van der Waals surface area contributed by atoms with Crippen molar-refractivity contribution >= 4 is 23.3 Å². The van der Waals surface area contributed by atoms with Crippen molar-refractivity contribution in [1.29, 1.82) is 0 Å². The molecule has 28 heavy (non-hydrogen) atoms. The van der Waals surface area contributed by atoms with Crippen LogP contribution in [-0.2, 0) is 4.79 Å². The maximum absolute atomic E-state index is 12.8. The smallest absolute Gasteiger partial charge is 0.319 e. The van der Waals surface area contributed by atoms with Gasteiger partial charge in [0.2, 0.25) is 5.91 Å². The standard InChI is InChI=1S/C21H25N3O4/c1-14(2)19(24-21(26)23-15-7-4-3-5-8-15)20(25)22-16-9-10-17-18(13-16)28-12-6-11-27-17/h3-5,7-10,13-14,19H,6,11-12H2,1-2H3,(H,22,25)(H2,23,24,26). The van der Waals surface area contributed by atoms with E-state index in [-0.39, 0.29) is 11.8 Å². The monoisotopic (exact) mass is 383 g/mol. The molecule has 0 saturated carbocycles. The number of hydrogen-bond acceptors (Lipinski definition) is 4. The molecule has 0 spiro atoms. The van der Waals surface area contributed by atoms with Gasteiger partial charge in [-0.1, -0.05) is 32.0 Å². The minimum Gasteiger partial charge on any atom is -0.490 e. The molecule has 0 aromatic heterocycles. The van der Waals surface area contributed by atoms with Crippen LogP contribution in [0, 0.1) is 5.92 Å². The number of amides is 3. The van der Waals surface area contributed by atoms with Gasteiger partial charge in [-0.3, -0.25) is 4.79 Å². The van der Waals surface area contributed by atoms with Crippen LogP contribution in [-0.4, -0.2) is 31.2 Å². The van der Waals surface area contributed by atoms with E-state index < -0.39 is 12.1 Å². The molecule has 1 aliphatic heterocycles. The molecule has 0 saturated heterocycles. The Labute approximate surface area is 164 Å². The van der Waals surface area contributed by atoms with Crippen molar-refractivity contribution in [2.24, 2.45) is 5.92 Å². The summed E-state index contributed by atoms with van der Waals surface area (Å²) >= 11 is 0. The summed E-state index contributed by atoms with van der Waals surface area (Å²) < 4.78 is 11.3. The summed E-state index contributed by atoms with van der Waals surface area (Å²) in [7, 11) is 0. The summed E-state index contributed by atoms with van der Waals surface area (Å²) in [6, 6.07) is 13.2. The zero-order valence-electron chi connectivity index (χ0n) is 16.0. The summed E-state index contributed by atoms with van der Waals surface area (Å²) in [5, 5.41) is 8.31. The van der Waals surface area contributed by atoms with Crippen LogP contribution in [0.15, 0.2) is 48.5 Å². The summed E-state index contributed by atoms with van der Waals surface area (Å²) in [4.78, 5) is 25.0. The lowest BCUT2D eigenvalue weighted by molar-refractivity contribution is -0.118. The van der Waals surface area contributed by atoms with Gasteiger partial charge in [-0.15, -0.1) is 0 Å². The van der Waals surface area contributed by atoms with Gasteiger partial charge in [0.05, 0.1) is 13.2 Å². The molecule has 0 fully saturated rings. The molecule has 0 bridgehead atoms. The van der Waals surface area contributed by atoms with Gasteiger partial charge in [-0.2, -0.15) is 0 Å². The molecular formula is C21H25N3O4. The van der Waals surface area contributed by atoms with E-state index in [1.807, 2.05) is 32.0 Å². The van der Waals surface area contributed by atoms with Crippen LogP contribution >= 0.6 is 0 Å². The zero-order chi connectivity index (χ0) is 19.9. The molecule has 0 radical (unpaired) electrons. The van der Waals surface area contributed by atoms with E-state index in [0.29, 0.717) is 36.1 Å². The first kappa shape index (κ1) is 19.5. The molecule has 7 heteroatoms. The molecule has 2 aromatic carbocycles. The predicted molar refractivity (Wildman–Crippen MR) is 108 cm³/mol. The molecule has 1 aliphatic rings. The average Bonchev–Trinajstić information content (AvgIpc) is 2.91. The molecule has 148 valence electrons. The third-order valence-corrected chi connectivity index (χ3v) is 4.28. The maximum atomic E-state index is 12.8. The number of fused-ring (bicyclic) bond motifs is 1. The minimum absolute atomic E-state index is 0.0954. The first-order chi connectivity index (χ1) is 13.5. The molecule has 0 aliphatic carbocycles. The third kappa shape index (κ3) is 5.16. The number of nitrogens with one attached hydrogen (secondary N) is 3. The number of carbonyl (C=O) groups is 2. The third-order valence-electron chi connectivity index (χ3n) is 4.28. The number of rotatable bonds is 5. The average molecular weight is 383 g/mol. The number of para-hydroxylation sites is 1. The molecule has 1 unspecified atom stereocenters. The minimum atomic E-state index is -0.695. The first-order valence-corrected chi connectivity index (χ1v) is 9.36. The van der Waals surface area contributed by atoms with Crippen LogP contribution in [0.1, 0.15) is 20.3 Å². The van der Waals surface area contributed by atoms with E-state index in [1.165, 1.54) is 0 Å². The van der Waals surface area contributed by atoms with Crippen molar-refractivity contribution in [3.05, 3.63) is 48.5 Å². The van der Waals surface area contributed by atoms with Crippen molar-refractivity contribution < 1.29 is 19.1 Å². The van der Waals surface area contributed by atoms with Crippen molar-refractivity contribution in [2.45, 2.75) is 26.3 Å². The van der Waals surface area contributed by atoms with Gasteiger partial charge in [-0.05, 0) is 30.2 Å². The highest BCUT2D eigenvalue weighted by Gasteiger charge is 2.25. The first-order valence-electron chi connectivity index (χ1n) is 9.36. The quantitative estimate of drug-likeness (QED) is 0.736. The Morgan fingerprint density at radius 2 is 1.61 bits per heavy atom. The SMILES string of the molecule is CC(C)C(NC(=O)Nc1ccccc1)C(=O)Nc1ccc2c(c1)OCCCO2. The van der Waals surface area contributed by atoms with Crippen LogP contribution in [0.3, 0.4) is 0 Å². The highest BCUT2D eigenvalue weighted by Crippen LogP contribution is 2.32. The van der Waals surface area contributed by atoms with Gasteiger partial charge in [-0.25, -0.2) is 4.79 Å². The Balaban J connectivity index is 1.64. The number of hydrogen-bond donors (Lipinski definition) is 3. The molecule has 2 aromatic rings. The summed E-state index contributed by atoms with van der Waals surface area (Å²) in [5.74, 6) is 0.872. The van der Waals surface area contributed by atoms with Crippen LogP contribution in [0.4, 0.5) is 16.2 Å². The Bertz CT molecular complexity index is 824. The molecule has 7 nitrogen and oxygen atoms in total. The van der Waals surface area contributed by atoms with Gasteiger partial charge in [0, 0.05) is 23.9 Å². The Kier molecular flexibility index (Phi) is 6.37. The fourth-order valence-electron chi connectivity index (χ4n) is 2.83. The summed E-state index contributed by atoms with van der Waals surface area (Å²) in [6.45, 7) is 4.93. The van der Waals surface area contributed by atoms with Crippen LogP contribution in [0.5, 0.6) is 11.5 Å². The lowest BCUT2D eigenvalue weighted by atomic mass is 10.0. The number of ether oxygens (including phenoxy) is 2. The van der Waals surface area contributed by atoms with E-state index in [0.717, 1.165) is 6.42 Å². The Morgan fingerprint density at radius 3 is 2.32 bits per heavy atom. The largest absolute Gasteiger partial charge is 0.490 e. The van der Waals surface area contributed by atoms with Crippen LogP contribution < -0.4 is 25.4 Å². The van der Waals surface area contributed by atoms with E-state index >= 15 is 0 Å². The second-order valence-corrected chi connectivity index (χ2v) is 6.89. The van der Waals surface area contributed by atoms with Crippen molar-refractivity contribution in [3.63, 3.8) is 0 Å². The van der Waals surface area contributed by atoms with E-state index in [9.17, 15) is 9.59 Å². The molecule has 3 amide bonds. The lowest BCUT2D eigenvalue weighted by Gasteiger charge is -2.22. The normalized spacial score (nSPS) is 14.0. The van der Waals surface area contributed by atoms with Crippen molar-refractivity contribution in [2.75, 3.05) is 23.8 Å². The van der Waals surface area contributed by atoms with E-state index in [1.54, 1.807) is 30.3 Å². The second kappa shape index (κ2) is 9.12. The number of anilines is 2. The predicted octanol–water partition coefficient (Wildman–Crippen LogP) is 3.63. The molecule has 3 rings (SSSR count). The number of urea groups is 1. The highest BCUT2D eigenvalue weighted by atomic mass is 16.5. The highest BCUT2D eigenvalue weighted by molar-refractivity contribution is 5.99. The summed E-state index contributed by atoms with van der Waals surface area (Å²) in [6.07, 6.45) is 0.812. The van der Waals surface area contributed by atoms with Gasteiger partial charge < -0.3 is 25.4 Å². The van der Waals surface area contributed by atoms with Crippen molar-refractivity contribution in [3.8, 4) is 11.5 Å². The van der Waals surface area contributed by atoms with Gasteiger partial charge in [0.1, 0.15) is 6.04 Å². The van der Waals surface area contributed by atoms with Crippen LogP contribution in [0.25, 0.3) is 0 Å². The second-order valence-electron chi connectivity index (χ2n) is 6.89. The fourth-order valence-corrected chi connectivity index (χ4v) is 2.83. The zero-order valence-corrected chi connectivity index (χ0v) is 16.0. The molecule has 3 N–H and O–H groups in total.